The van der Waals surface area contributed by atoms with E-state index in [2.05, 4.69) is 86.8 Å². The number of quaternary nitrogens is 1. The quantitative estimate of drug-likeness (QED) is 0.0198. The first kappa shape index (κ1) is 57.9. The highest BCUT2D eigenvalue weighted by atomic mass is 31.2. The van der Waals surface area contributed by atoms with E-state index in [1.807, 2.05) is 21.1 Å². The Labute approximate surface area is 370 Å². The van der Waals surface area contributed by atoms with E-state index < -0.39 is 13.9 Å². The molecule has 0 heterocycles. The van der Waals surface area contributed by atoms with Crippen molar-refractivity contribution in [2.24, 2.45) is 0 Å². The number of ether oxygens (including phenoxy) is 2. The lowest BCUT2D eigenvalue weighted by atomic mass is 10.0. The zero-order valence-corrected chi connectivity index (χ0v) is 40.3. The molecule has 0 saturated carbocycles. The average Bonchev–Trinajstić information content (AvgIpc) is 3.20. The Kier molecular flexibility index (Phi) is 42.1. The second-order valence-electron chi connectivity index (χ2n) is 17.1. The molecule has 0 saturated heterocycles. The van der Waals surface area contributed by atoms with Crippen LogP contribution in [-0.2, 0) is 27.9 Å². The van der Waals surface area contributed by atoms with Gasteiger partial charge in [0.15, 0.2) is 0 Å². The Balaban J connectivity index is 4.25. The van der Waals surface area contributed by atoms with Gasteiger partial charge in [-0.2, -0.15) is 0 Å². The topological polar surface area (TPSA) is 94.1 Å². The summed E-state index contributed by atoms with van der Waals surface area (Å²) in [5.74, 6) is -0.359. The van der Waals surface area contributed by atoms with E-state index in [9.17, 15) is 14.3 Å². The summed E-state index contributed by atoms with van der Waals surface area (Å²) in [7, 11) is 1.33. The third-order valence-electron chi connectivity index (χ3n) is 10.0. The molecule has 0 fully saturated rings. The van der Waals surface area contributed by atoms with Gasteiger partial charge in [-0.15, -0.1) is 0 Å². The van der Waals surface area contributed by atoms with Gasteiger partial charge in [0.1, 0.15) is 19.3 Å². The summed E-state index contributed by atoms with van der Waals surface area (Å²) >= 11 is 0. The van der Waals surface area contributed by atoms with Gasteiger partial charge in [-0.05, 0) is 64.2 Å². The van der Waals surface area contributed by atoms with Crippen LogP contribution in [0.4, 0.5) is 0 Å². The number of esters is 1. The molecule has 348 valence electrons. The van der Waals surface area contributed by atoms with Gasteiger partial charge in [0, 0.05) is 13.0 Å². The van der Waals surface area contributed by atoms with Crippen molar-refractivity contribution in [3.63, 3.8) is 0 Å². The van der Waals surface area contributed by atoms with Crippen LogP contribution >= 0.6 is 7.82 Å². The van der Waals surface area contributed by atoms with Crippen molar-refractivity contribution in [1.82, 2.24) is 0 Å². The first-order valence-electron chi connectivity index (χ1n) is 24.2. The summed E-state index contributed by atoms with van der Waals surface area (Å²) < 4.78 is 34.6. The number of phosphoric ester groups is 1. The van der Waals surface area contributed by atoms with Crippen LogP contribution in [0.3, 0.4) is 0 Å². The van der Waals surface area contributed by atoms with Gasteiger partial charge in [0.25, 0.3) is 7.82 Å². The van der Waals surface area contributed by atoms with Crippen LogP contribution in [0.15, 0.2) is 72.9 Å². The summed E-state index contributed by atoms with van der Waals surface area (Å²) in [6.07, 6.45) is 56.3. The number of phosphoric acid groups is 1. The minimum absolute atomic E-state index is 0.0184. The second kappa shape index (κ2) is 43.6. The molecule has 0 aliphatic heterocycles. The maximum absolute atomic E-state index is 12.7. The summed E-state index contributed by atoms with van der Waals surface area (Å²) in [4.78, 5) is 25.1. The molecular formula is C51H92NO7P. The van der Waals surface area contributed by atoms with Crippen LogP contribution in [0.5, 0.6) is 0 Å². The fourth-order valence-corrected chi connectivity index (χ4v) is 7.04. The number of hydrogen-bond donors (Lipinski definition) is 0. The molecule has 0 spiro atoms. The van der Waals surface area contributed by atoms with Crippen LogP contribution in [-0.4, -0.2) is 70.7 Å². The molecule has 0 rings (SSSR count). The number of rotatable bonds is 44. The van der Waals surface area contributed by atoms with Gasteiger partial charge in [-0.1, -0.05) is 189 Å². The monoisotopic (exact) mass is 862 g/mol. The Morgan fingerprint density at radius 2 is 0.967 bits per heavy atom. The molecule has 2 atom stereocenters. The molecule has 9 heteroatoms. The number of carbonyl (C=O) groups excluding carboxylic acids is 1. The molecule has 2 unspecified atom stereocenters. The van der Waals surface area contributed by atoms with Gasteiger partial charge in [-0.25, -0.2) is 0 Å². The van der Waals surface area contributed by atoms with Crippen molar-refractivity contribution in [3.8, 4) is 0 Å². The van der Waals surface area contributed by atoms with Gasteiger partial charge < -0.3 is 27.9 Å². The fourth-order valence-electron chi connectivity index (χ4n) is 6.31. The van der Waals surface area contributed by atoms with E-state index in [1.54, 1.807) is 0 Å². The molecular weight excluding hydrogens is 770 g/mol. The van der Waals surface area contributed by atoms with E-state index in [1.165, 1.54) is 83.5 Å². The van der Waals surface area contributed by atoms with Crippen molar-refractivity contribution in [3.05, 3.63) is 72.9 Å². The smallest absolute Gasteiger partial charge is 0.306 e. The number of allylic oxidation sites excluding steroid dienone is 12. The molecule has 0 aliphatic carbocycles. The van der Waals surface area contributed by atoms with Gasteiger partial charge >= 0.3 is 5.97 Å². The lowest BCUT2D eigenvalue weighted by Crippen LogP contribution is -2.37. The van der Waals surface area contributed by atoms with Crippen molar-refractivity contribution >= 4 is 13.8 Å². The van der Waals surface area contributed by atoms with E-state index >= 15 is 0 Å². The molecule has 60 heavy (non-hydrogen) atoms. The van der Waals surface area contributed by atoms with E-state index in [-0.39, 0.29) is 32.2 Å². The Hall–Kier alpha value is -2.06. The molecule has 0 aromatic carbocycles. The van der Waals surface area contributed by atoms with Crippen LogP contribution < -0.4 is 4.89 Å². The SMILES string of the molecule is CC/C=C\C/C=C\C/C=C\C/C=C\C/C=C\C/C=C\CCCCCCC(=O)OC(COCCCCCCCCCCCCCCCCC)COP(=O)([O-])OCC[N+](C)(C)C. The Bertz CT molecular complexity index is 1190. The van der Waals surface area contributed by atoms with Crippen LogP contribution in [0.2, 0.25) is 0 Å². The molecule has 0 N–H and O–H groups in total. The number of likely N-dealkylation sites (N-methyl/N-ethyl adjacent to an activating group) is 1. The first-order chi connectivity index (χ1) is 29.1. The fraction of sp³-hybridized carbons (Fsp3) is 0.745. The maximum Gasteiger partial charge on any atom is 0.306 e. The summed E-state index contributed by atoms with van der Waals surface area (Å²) in [5.41, 5.74) is 0. The molecule has 0 aliphatic rings. The van der Waals surface area contributed by atoms with Crippen LogP contribution in [0.25, 0.3) is 0 Å². The zero-order valence-electron chi connectivity index (χ0n) is 39.4. The highest BCUT2D eigenvalue weighted by Crippen LogP contribution is 2.38. The lowest BCUT2D eigenvalue weighted by molar-refractivity contribution is -0.870. The zero-order chi connectivity index (χ0) is 44.1. The lowest BCUT2D eigenvalue weighted by Gasteiger charge is -2.28. The summed E-state index contributed by atoms with van der Waals surface area (Å²) in [6, 6.07) is 0. The minimum Gasteiger partial charge on any atom is -0.756 e. The highest BCUT2D eigenvalue weighted by Gasteiger charge is 2.20. The molecule has 0 aromatic heterocycles. The van der Waals surface area contributed by atoms with Crippen molar-refractivity contribution in [2.45, 2.75) is 193 Å². The van der Waals surface area contributed by atoms with Crippen LogP contribution in [0.1, 0.15) is 187 Å². The predicted molar refractivity (Wildman–Crippen MR) is 254 cm³/mol. The van der Waals surface area contributed by atoms with Gasteiger partial charge in [0.05, 0.1) is 34.4 Å². The molecule has 0 radical (unpaired) electrons. The minimum atomic E-state index is -4.54. The van der Waals surface area contributed by atoms with E-state index in [0.29, 0.717) is 17.6 Å². The Morgan fingerprint density at radius 3 is 1.45 bits per heavy atom. The van der Waals surface area contributed by atoms with Crippen LogP contribution in [0, 0.1) is 0 Å². The predicted octanol–water partition coefficient (Wildman–Crippen LogP) is 14.0. The molecule has 8 nitrogen and oxygen atoms in total. The summed E-state index contributed by atoms with van der Waals surface area (Å²) in [6.45, 7) is 5.27. The largest absolute Gasteiger partial charge is 0.756 e. The van der Waals surface area contributed by atoms with E-state index in [0.717, 1.165) is 83.5 Å². The Morgan fingerprint density at radius 1 is 0.533 bits per heavy atom. The number of carbonyl (C=O) groups is 1. The third-order valence-corrected chi connectivity index (χ3v) is 11.0. The van der Waals surface area contributed by atoms with Gasteiger partial charge in [0.2, 0.25) is 0 Å². The number of hydrogen-bond acceptors (Lipinski definition) is 7. The highest BCUT2D eigenvalue weighted by molar-refractivity contribution is 7.45. The maximum atomic E-state index is 12.7. The number of nitrogens with zero attached hydrogens (tertiary/aromatic N) is 1. The second-order valence-corrected chi connectivity index (χ2v) is 18.5. The third kappa shape index (κ3) is 47.0. The van der Waals surface area contributed by atoms with Crippen molar-refractivity contribution < 1.29 is 37.3 Å². The molecule has 0 aromatic rings. The molecule has 0 amide bonds. The summed E-state index contributed by atoms with van der Waals surface area (Å²) in [5, 5.41) is 0. The van der Waals surface area contributed by atoms with E-state index in [4.69, 9.17) is 18.5 Å². The normalized spacial score (nSPS) is 14.3. The van der Waals surface area contributed by atoms with Crippen molar-refractivity contribution in [2.75, 3.05) is 54.1 Å². The average molecular weight is 862 g/mol. The van der Waals surface area contributed by atoms with Gasteiger partial charge in [-0.3, -0.25) is 9.36 Å². The molecule has 0 bridgehead atoms. The standard InChI is InChI=1S/C51H92NO7P/c1-6-8-10-12-14-16-18-20-22-23-24-25-26-27-28-29-30-32-34-36-38-40-42-44-51(53)59-50(49-58-60(54,55)57-47-45-52(3,4)5)48-56-46-43-41-39-37-35-33-31-21-19-17-15-13-11-9-7-2/h8,10,14,16,20,22,24-25,27-28,30,32,50H,6-7,9,11-13,15,17-19,21,23,26,29,31,33-49H2,1-5H3/b10-8-,16-14-,22-20-,25-24-,28-27-,32-30-. The first-order valence-corrected chi connectivity index (χ1v) is 25.6. The number of unbranched alkanes of at least 4 members (excludes halogenated alkanes) is 18. The van der Waals surface area contributed by atoms with Crippen molar-refractivity contribution in [1.29, 1.82) is 0 Å².